The summed E-state index contributed by atoms with van der Waals surface area (Å²) < 4.78 is 7.91. The summed E-state index contributed by atoms with van der Waals surface area (Å²) in [6.45, 7) is 11.0. The first-order chi connectivity index (χ1) is 9.95. The Morgan fingerprint density at radius 2 is 1.43 bits per heavy atom. The van der Waals surface area contributed by atoms with Gasteiger partial charge in [0.1, 0.15) is 0 Å². The lowest BCUT2D eigenvalue weighted by Crippen LogP contribution is -2.17. The van der Waals surface area contributed by atoms with Crippen LogP contribution in [0.5, 0.6) is 5.75 Å². The van der Waals surface area contributed by atoms with Gasteiger partial charge in [-0.1, -0.05) is 11.6 Å². The highest BCUT2D eigenvalue weighted by Crippen LogP contribution is 2.37. The van der Waals surface area contributed by atoms with Crippen molar-refractivity contribution in [1.29, 1.82) is 0 Å². The van der Waals surface area contributed by atoms with Gasteiger partial charge < -0.3 is 4.74 Å². The second kappa shape index (κ2) is 4.99. The van der Waals surface area contributed by atoms with Crippen molar-refractivity contribution in [1.82, 2.24) is 0 Å². The Bertz CT molecular complexity index is 737. The third-order valence-corrected chi connectivity index (χ3v) is 3.85. The van der Waals surface area contributed by atoms with Crippen molar-refractivity contribution in [2.24, 2.45) is 5.11 Å². The minimum absolute atomic E-state index is 0.460. The van der Waals surface area contributed by atoms with Crippen molar-refractivity contribution in [2.75, 3.05) is 6.73 Å². The lowest BCUT2D eigenvalue weighted by Gasteiger charge is -2.16. The van der Waals surface area contributed by atoms with Crippen LogP contribution < -0.4 is 4.74 Å². The molecule has 0 radical (unpaired) electrons. The predicted octanol–water partition coefficient (Wildman–Crippen LogP) is 5.01. The number of ether oxygens (including phenoxy) is 1. The zero-order valence-electron chi connectivity index (χ0n) is 13.3. The van der Waals surface area contributed by atoms with Crippen molar-refractivity contribution in [3.63, 3.8) is 0 Å². The largest absolute Gasteiger partial charge is 0.431 e. The molecule has 0 aliphatic carbocycles. The highest BCUT2D eigenvalue weighted by molar-refractivity contribution is 5.58. The molecule has 3 heteroatoms. The molecule has 0 amide bonds. The fourth-order valence-electron chi connectivity index (χ4n) is 3.17. The quantitative estimate of drug-likeness (QED) is 0.674. The lowest BCUT2D eigenvalue weighted by molar-refractivity contribution is -0.545. The van der Waals surface area contributed by atoms with E-state index in [0.29, 0.717) is 6.73 Å². The van der Waals surface area contributed by atoms with Crippen molar-refractivity contribution >= 4 is 11.4 Å². The third kappa shape index (κ3) is 2.44. The standard InChI is InChI=1S/C18H21N2O/c1-11-6-13(3)17(14(4)7-11)20-10-21-18-15(5)8-12(2)9-16(18)19-20/h6-9H,10H2,1-5H3/q+1. The molecule has 108 valence electrons. The molecule has 2 aromatic carbocycles. The number of hydrogen-bond donors (Lipinski definition) is 0. The second-order valence-electron chi connectivity index (χ2n) is 5.95. The zero-order chi connectivity index (χ0) is 15.1. The highest BCUT2D eigenvalue weighted by Gasteiger charge is 2.26. The normalized spacial score (nSPS) is 13.5. The van der Waals surface area contributed by atoms with Crippen LogP contribution in [0.3, 0.4) is 0 Å². The fourth-order valence-corrected chi connectivity index (χ4v) is 3.17. The van der Waals surface area contributed by atoms with E-state index in [2.05, 4.69) is 58.9 Å². The molecule has 3 rings (SSSR count). The molecule has 0 N–H and O–H groups in total. The van der Waals surface area contributed by atoms with Gasteiger partial charge in [-0.2, -0.15) is 0 Å². The smallest absolute Gasteiger partial charge is 0.317 e. The van der Waals surface area contributed by atoms with Gasteiger partial charge in [0.25, 0.3) is 0 Å². The molecule has 1 aliphatic heterocycles. The summed E-state index contributed by atoms with van der Waals surface area (Å²) >= 11 is 0. The molecule has 0 spiro atoms. The SMILES string of the molecule is Cc1cc(C)c([N+]2=Nc3cc(C)cc(C)c3OC2)c(C)c1. The Hall–Kier alpha value is -2.16. The van der Waals surface area contributed by atoms with E-state index in [4.69, 9.17) is 9.85 Å². The van der Waals surface area contributed by atoms with Gasteiger partial charge in [-0.05, 0) is 68.6 Å². The lowest BCUT2D eigenvalue weighted by atomic mass is 10.1. The Kier molecular flexibility index (Phi) is 3.28. The van der Waals surface area contributed by atoms with Gasteiger partial charge >= 0.3 is 6.73 Å². The van der Waals surface area contributed by atoms with Gasteiger partial charge in [0.05, 0.1) is 0 Å². The maximum atomic E-state index is 5.95. The van der Waals surface area contributed by atoms with Crippen molar-refractivity contribution in [3.05, 3.63) is 52.1 Å². The monoisotopic (exact) mass is 281 g/mol. The first-order valence-electron chi connectivity index (χ1n) is 7.27. The molecule has 21 heavy (non-hydrogen) atoms. The van der Waals surface area contributed by atoms with Gasteiger partial charge in [-0.25, -0.2) is 0 Å². The molecule has 1 aliphatic rings. The maximum absolute atomic E-state index is 5.95. The average molecular weight is 281 g/mol. The average Bonchev–Trinajstić information content (AvgIpc) is 2.36. The van der Waals surface area contributed by atoms with E-state index in [1.165, 1.54) is 22.3 Å². The number of fused-ring (bicyclic) bond motifs is 1. The number of rotatable bonds is 1. The topological polar surface area (TPSA) is 24.6 Å². The molecule has 0 aromatic heterocycles. The molecule has 1 heterocycles. The van der Waals surface area contributed by atoms with Crippen LogP contribution in [-0.4, -0.2) is 11.4 Å². The molecule has 0 saturated heterocycles. The first-order valence-corrected chi connectivity index (χ1v) is 7.27. The van der Waals surface area contributed by atoms with Gasteiger partial charge in [0.2, 0.25) is 5.69 Å². The third-order valence-electron chi connectivity index (χ3n) is 3.85. The Balaban J connectivity index is 2.15. The van der Waals surface area contributed by atoms with Crippen LogP contribution >= 0.6 is 0 Å². The summed E-state index contributed by atoms with van der Waals surface area (Å²) in [5.41, 5.74) is 8.14. The summed E-state index contributed by atoms with van der Waals surface area (Å²) in [4.78, 5) is 0. The number of hydrogen-bond acceptors (Lipinski definition) is 2. The van der Waals surface area contributed by atoms with Crippen LogP contribution in [0, 0.1) is 34.6 Å². The second-order valence-corrected chi connectivity index (χ2v) is 5.95. The number of aryl methyl sites for hydroxylation is 5. The Morgan fingerprint density at radius 1 is 0.857 bits per heavy atom. The summed E-state index contributed by atoms with van der Waals surface area (Å²) in [6.07, 6.45) is 0. The first kappa shape index (κ1) is 13.8. The molecule has 2 aromatic rings. The molecular weight excluding hydrogens is 260 g/mol. The molecule has 0 unspecified atom stereocenters. The summed E-state index contributed by atoms with van der Waals surface area (Å²) in [7, 11) is 0. The van der Waals surface area contributed by atoms with Gasteiger partial charge in [-0.15, -0.1) is 0 Å². The van der Waals surface area contributed by atoms with Crippen molar-refractivity contribution in [3.8, 4) is 5.75 Å². The Labute approximate surface area is 125 Å². The number of azo groups is 2. The van der Waals surface area contributed by atoms with Crippen molar-refractivity contribution in [2.45, 2.75) is 34.6 Å². The zero-order valence-corrected chi connectivity index (χ0v) is 13.3. The van der Waals surface area contributed by atoms with E-state index in [9.17, 15) is 0 Å². The van der Waals surface area contributed by atoms with Crippen molar-refractivity contribution < 1.29 is 9.43 Å². The highest BCUT2D eigenvalue weighted by atomic mass is 16.5. The van der Waals surface area contributed by atoms with E-state index in [1.54, 1.807) is 0 Å². The van der Waals surface area contributed by atoms with E-state index in [0.717, 1.165) is 22.7 Å². The predicted molar refractivity (Wildman–Crippen MR) is 84.1 cm³/mol. The van der Waals surface area contributed by atoms with E-state index in [-0.39, 0.29) is 0 Å². The fraction of sp³-hybridized carbons (Fsp3) is 0.333. The summed E-state index contributed by atoms with van der Waals surface area (Å²) in [5, 5.41) is 4.80. The van der Waals surface area contributed by atoms with Crippen LogP contribution in [-0.2, 0) is 0 Å². The minimum atomic E-state index is 0.460. The van der Waals surface area contributed by atoms with Crippen LogP contribution in [0.25, 0.3) is 0 Å². The molecule has 0 atom stereocenters. The van der Waals surface area contributed by atoms with Crippen LogP contribution in [0.15, 0.2) is 29.4 Å². The maximum Gasteiger partial charge on any atom is 0.317 e. The summed E-state index contributed by atoms with van der Waals surface area (Å²) in [5.74, 6) is 0.902. The number of benzene rings is 2. The summed E-state index contributed by atoms with van der Waals surface area (Å²) in [6, 6.07) is 8.59. The molecule has 0 bridgehead atoms. The number of nitrogens with zero attached hydrogens (tertiary/aromatic N) is 2. The molecular formula is C18H21N2O+. The molecule has 3 nitrogen and oxygen atoms in total. The van der Waals surface area contributed by atoms with Gasteiger partial charge in [-0.3, -0.25) is 0 Å². The van der Waals surface area contributed by atoms with E-state index < -0.39 is 0 Å². The minimum Gasteiger partial charge on any atom is -0.431 e. The van der Waals surface area contributed by atoms with Gasteiger partial charge in [0.15, 0.2) is 11.4 Å². The molecule has 0 saturated carbocycles. The Morgan fingerprint density at radius 3 is 2.10 bits per heavy atom. The molecule has 0 fully saturated rings. The van der Waals surface area contributed by atoms with Crippen LogP contribution in [0.1, 0.15) is 27.8 Å². The van der Waals surface area contributed by atoms with Crippen LogP contribution in [0.2, 0.25) is 0 Å². The van der Waals surface area contributed by atoms with Crippen LogP contribution in [0.4, 0.5) is 11.4 Å². The van der Waals surface area contributed by atoms with E-state index in [1.807, 2.05) is 4.70 Å². The van der Waals surface area contributed by atoms with E-state index >= 15 is 0 Å². The van der Waals surface area contributed by atoms with Gasteiger partial charge in [0, 0.05) is 16.2 Å².